The van der Waals surface area contributed by atoms with Crippen molar-refractivity contribution in [1.29, 1.82) is 0 Å². The van der Waals surface area contributed by atoms with Gasteiger partial charge >= 0.3 is 5.97 Å². The van der Waals surface area contributed by atoms with Crippen molar-refractivity contribution in [2.75, 3.05) is 0 Å². The molecule has 2 heterocycles. The minimum atomic E-state index is -0.934. The fourth-order valence-corrected chi connectivity index (χ4v) is 3.45. The van der Waals surface area contributed by atoms with Crippen LogP contribution in [0.5, 0.6) is 0 Å². The van der Waals surface area contributed by atoms with Gasteiger partial charge < -0.3 is 5.11 Å². The molecule has 0 aliphatic carbocycles. The van der Waals surface area contributed by atoms with Crippen LogP contribution in [0.25, 0.3) is 9.88 Å². The minimum absolute atomic E-state index is 0.665. The molecule has 2 rings (SSSR count). The molecule has 0 unspecified atom stereocenters. The van der Waals surface area contributed by atoms with Crippen LogP contribution in [0.4, 0.5) is 0 Å². The molecule has 0 radical (unpaired) electrons. The second kappa shape index (κ2) is 4.23. The van der Waals surface area contributed by atoms with E-state index in [1.165, 1.54) is 0 Å². The van der Waals surface area contributed by atoms with Crippen LogP contribution in [0.1, 0.15) is 24.4 Å². The average molecular weight is 267 g/mol. The van der Waals surface area contributed by atoms with Gasteiger partial charge in [-0.3, -0.25) is 4.79 Å². The number of carboxylic acid groups (broad SMARTS) is 1. The summed E-state index contributed by atoms with van der Waals surface area (Å²) in [5.41, 5.74) is -0.269. The van der Waals surface area contributed by atoms with Crippen LogP contribution in [0.15, 0.2) is 17.5 Å². The zero-order valence-corrected chi connectivity index (χ0v) is 11.5. The van der Waals surface area contributed by atoms with Crippen molar-refractivity contribution < 1.29 is 9.90 Å². The lowest BCUT2D eigenvalue weighted by Crippen LogP contribution is -2.29. The van der Waals surface area contributed by atoms with E-state index in [1.54, 1.807) is 36.5 Å². The Labute approximate surface area is 108 Å². The molecule has 0 aliphatic heterocycles. The lowest BCUT2D eigenvalue weighted by atomic mass is 9.89. The fourth-order valence-electron chi connectivity index (χ4n) is 1.58. The van der Waals surface area contributed by atoms with Crippen LogP contribution >= 0.6 is 22.7 Å². The van der Waals surface area contributed by atoms with Gasteiger partial charge in [0.05, 0.1) is 10.6 Å². The van der Waals surface area contributed by atoms with Crippen LogP contribution in [-0.2, 0) is 10.2 Å². The number of thiophene rings is 1. The van der Waals surface area contributed by atoms with Gasteiger partial charge in [-0.25, -0.2) is 4.98 Å². The highest BCUT2D eigenvalue weighted by Gasteiger charge is 2.34. The summed E-state index contributed by atoms with van der Waals surface area (Å²) < 4.78 is 0. The summed E-state index contributed by atoms with van der Waals surface area (Å²) in [6, 6.07) is 3.97. The maximum atomic E-state index is 11.2. The SMILES string of the molecule is Cc1sc(-c2cccs2)nc1C(C)(C)C(=O)O. The predicted octanol–water partition coefficient (Wildman–Crippen LogP) is 3.54. The van der Waals surface area contributed by atoms with Crippen molar-refractivity contribution in [2.45, 2.75) is 26.2 Å². The zero-order valence-electron chi connectivity index (χ0n) is 9.85. The molecule has 0 atom stereocenters. The normalized spacial score (nSPS) is 11.7. The van der Waals surface area contributed by atoms with E-state index < -0.39 is 11.4 Å². The largest absolute Gasteiger partial charge is 0.481 e. The number of thiazole rings is 1. The molecular formula is C12H13NO2S2. The Morgan fingerprint density at radius 2 is 2.18 bits per heavy atom. The number of carbonyl (C=O) groups is 1. The number of aromatic nitrogens is 1. The molecule has 0 fully saturated rings. The number of carboxylic acids is 1. The summed E-state index contributed by atoms with van der Waals surface area (Å²) in [4.78, 5) is 17.8. The van der Waals surface area contributed by atoms with Crippen LogP contribution in [0, 0.1) is 6.92 Å². The molecule has 0 saturated heterocycles. The first-order valence-corrected chi connectivity index (χ1v) is 6.87. The molecule has 5 heteroatoms. The summed E-state index contributed by atoms with van der Waals surface area (Å²) in [6.07, 6.45) is 0. The molecule has 0 aromatic carbocycles. The number of nitrogens with zero attached hydrogens (tertiary/aromatic N) is 1. The van der Waals surface area contributed by atoms with Crippen LogP contribution < -0.4 is 0 Å². The molecule has 3 nitrogen and oxygen atoms in total. The Kier molecular flexibility index (Phi) is 3.05. The molecule has 2 aromatic rings. The van der Waals surface area contributed by atoms with E-state index in [0.29, 0.717) is 5.69 Å². The molecule has 0 bridgehead atoms. The standard InChI is InChI=1S/C12H13NO2S2/c1-7-9(12(2,3)11(14)15)13-10(17-7)8-5-4-6-16-8/h4-6H,1-3H3,(H,14,15). The third-order valence-corrected chi connectivity index (χ3v) is 4.67. The maximum absolute atomic E-state index is 11.2. The van der Waals surface area contributed by atoms with Gasteiger partial charge in [0.25, 0.3) is 0 Å². The van der Waals surface area contributed by atoms with Gasteiger partial charge in [-0.1, -0.05) is 6.07 Å². The van der Waals surface area contributed by atoms with Gasteiger partial charge in [-0.2, -0.15) is 0 Å². The zero-order chi connectivity index (χ0) is 12.6. The number of aryl methyl sites for hydroxylation is 1. The molecule has 0 amide bonds. The highest BCUT2D eigenvalue weighted by Crippen LogP contribution is 2.35. The van der Waals surface area contributed by atoms with E-state index in [2.05, 4.69) is 4.98 Å². The van der Waals surface area contributed by atoms with Crippen LogP contribution in [0.3, 0.4) is 0 Å². The van der Waals surface area contributed by atoms with E-state index in [0.717, 1.165) is 14.8 Å². The summed E-state index contributed by atoms with van der Waals surface area (Å²) in [7, 11) is 0. The van der Waals surface area contributed by atoms with Crippen molar-refractivity contribution in [3.63, 3.8) is 0 Å². The van der Waals surface area contributed by atoms with Crippen molar-refractivity contribution in [3.8, 4) is 9.88 Å². The predicted molar refractivity (Wildman–Crippen MR) is 70.8 cm³/mol. The first kappa shape index (κ1) is 12.3. The van der Waals surface area contributed by atoms with Crippen molar-refractivity contribution in [2.24, 2.45) is 0 Å². The van der Waals surface area contributed by atoms with E-state index in [-0.39, 0.29) is 0 Å². The Morgan fingerprint density at radius 3 is 2.71 bits per heavy atom. The van der Waals surface area contributed by atoms with Gasteiger partial charge in [0.1, 0.15) is 10.4 Å². The topological polar surface area (TPSA) is 50.2 Å². The number of hydrogen-bond donors (Lipinski definition) is 1. The second-order valence-electron chi connectivity index (χ2n) is 4.33. The van der Waals surface area contributed by atoms with Gasteiger partial charge in [0, 0.05) is 4.88 Å². The van der Waals surface area contributed by atoms with Crippen LogP contribution in [0.2, 0.25) is 0 Å². The lowest BCUT2D eigenvalue weighted by Gasteiger charge is -2.17. The number of aliphatic carboxylic acids is 1. The van der Waals surface area contributed by atoms with E-state index in [1.807, 2.05) is 24.4 Å². The third-order valence-electron chi connectivity index (χ3n) is 2.66. The number of rotatable bonds is 3. The average Bonchev–Trinajstić information content (AvgIpc) is 2.85. The maximum Gasteiger partial charge on any atom is 0.315 e. The summed E-state index contributed by atoms with van der Waals surface area (Å²) in [6.45, 7) is 5.31. The quantitative estimate of drug-likeness (QED) is 0.925. The van der Waals surface area contributed by atoms with Crippen LogP contribution in [-0.4, -0.2) is 16.1 Å². The highest BCUT2D eigenvalue weighted by atomic mass is 32.1. The third kappa shape index (κ3) is 2.12. The van der Waals surface area contributed by atoms with Gasteiger partial charge in [-0.05, 0) is 32.2 Å². The van der Waals surface area contributed by atoms with Gasteiger partial charge in [-0.15, -0.1) is 22.7 Å². The molecule has 17 heavy (non-hydrogen) atoms. The van der Waals surface area contributed by atoms with E-state index in [9.17, 15) is 9.90 Å². The molecule has 2 aromatic heterocycles. The van der Waals surface area contributed by atoms with Crippen molar-refractivity contribution >= 4 is 28.6 Å². The molecule has 0 spiro atoms. The molecule has 1 N–H and O–H groups in total. The lowest BCUT2D eigenvalue weighted by molar-refractivity contribution is -0.142. The fraction of sp³-hybridized carbons (Fsp3) is 0.333. The molecular weight excluding hydrogens is 254 g/mol. The minimum Gasteiger partial charge on any atom is -0.481 e. The van der Waals surface area contributed by atoms with Gasteiger partial charge in [0.15, 0.2) is 0 Å². The Balaban J connectivity index is 2.48. The summed E-state index contributed by atoms with van der Waals surface area (Å²) in [5.74, 6) is -0.844. The van der Waals surface area contributed by atoms with Gasteiger partial charge in [0.2, 0.25) is 0 Å². The Hall–Kier alpha value is -1.20. The summed E-state index contributed by atoms with van der Waals surface area (Å²) in [5, 5.41) is 12.1. The highest BCUT2D eigenvalue weighted by molar-refractivity contribution is 7.21. The molecule has 90 valence electrons. The number of hydrogen-bond acceptors (Lipinski definition) is 4. The monoisotopic (exact) mass is 267 g/mol. The smallest absolute Gasteiger partial charge is 0.315 e. The van der Waals surface area contributed by atoms with E-state index in [4.69, 9.17) is 0 Å². The first-order valence-electron chi connectivity index (χ1n) is 5.18. The Morgan fingerprint density at radius 1 is 1.47 bits per heavy atom. The molecule has 0 saturated carbocycles. The Bertz CT molecular complexity index is 541. The summed E-state index contributed by atoms with van der Waals surface area (Å²) >= 11 is 3.17. The first-order chi connectivity index (χ1) is 7.93. The van der Waals surface area contributed by atoms with E-state index >= 15 is 0 Å². The second-order valence-corrected chi connectivity index (χ2v) is 6.48. The van der Waals surface area contributed by atoms with Crippen molar-refractivity contribution in [3.05, 3.63) is 28.1 Å². The molecule has 0 aliphatic rings. The van der Waals surface area contributed by atoms with Crippen molar-refractivity contribution in [1.82, 2.24) is 4.98 Å².